The maximum atomic E-state index is 12.7. The van der Waals surface area contributed by atoms with E-state index >= 15 is 0 Å². The molecule has 2 amide bonds. The first kappa shape index (κ1) is 16.8. The van der Waals surface area contributed by atoms with Crippen molar-refractivity contribution in [2.45, 2.75) is 13.8 Å². The fourth-order valence-corrected chi connectivity index (χ4v) is 2.84. The maximum absolute atomic E-state index is 12.7. The number of para-hydroxylation sites is 2. The van der Waals surface area contributed by atoms with E-state index < -0.39 is 0 Å². The van der Waals surface area contributed by atoms with Gasteiger partial charge in [-0.2, -0.15) is 0 Å². The molecule has 3 rings (SSSR count). The van der Waals surface area contributed by atoms with Crippen molar-refractivity contribution in [3.63, 3.8) is 0 Å². The summed E-state index contributed by atoms with van der Waals surface area (Å²) in [7, 11) is 0. The molecule has 2 aromatic carbocycles. The SMILES string of the molecule is CCOc1ccccc1NC1=C(c2ccccc2)C(=O)N(CC)C1=O. The number of likely N-dealkylation sites (N-methyl/N-ethyl adjacent to an activating group) is 1. The maximum Gasteiger partial charge on any atom is 0.278 e. The van der Waals surface area contributed by atoms with Gasteiger partial charge >= 0.3 is 0 Å². The summed E-state index contributed by atoms with van der Waals surface area (Å²) in [5, 5.41) is 3.13. The van der Waals surface area contributed by atoms with Gasteiger partial charge in [0.15, 0.2) is 0 Å². The van der Waals surface area contributed by atoms with Crippen LogP contribution in [0.4, 0.5) is 5.69 Å². The second-order valence-electron chi connectivity index (χ2n) is 5.52. The highest BCUT2D eigenvalue weighted by molar-refractivity contribution is 6.36. The van der Waals surface area contributed by atoms with Crippen molar-refractivity contribution in [1.82, 2.24) is 4.90 Å². The number of ether oxygens (including phenoxy) is 1. The van der Waals surface area contributed by atoms with E-state index in [2.05, 4.69) is 5.32 Å². The molecule has 0 saturated heterocycles. The fourth-order valence-electron chi connectivity index (χ4n) is 2.84. The minimum absolute atomic E-state index is 0.282. The summed E-state index contributed by atoms with van der Waals surface area (Å²) in [6, 6.07) is 16.6. The summed E-state index contributed by atoms with van der Waals surface area (Å²) in [6.07, 6.45) is 0. The van der Waals surface area contributed by atoms with Crippen molar-refractivity contribution in [1.29, 1.82) is 0 Å². The number of anilines is 1. The monoisotopic (exact) mass is 336 g/mol. The Hall–Kier alpha value is -3.08. The van der Waals surface area contributed by atoms with Crippen LogP contribution in [-0.4, -0.2) is 29.9 Å². The van der Waals surface area contributed by atoms with Crippen LogP contribution in [0.2, 0.25) is 0 Å². The average Bonchev–Trinajstić information content (AvgIpc) is 2.87. The lowest BCUT2D eigenvalue weighted by Crippen LogP contribution is -2.32. The van der Waals surface area contributed by atoms with Crippen LogP contribution in [0.5, 0.6) is 5.75 Å². The first-order valence-electron chi connectivity index (χ1n) is 8.32. The quantitative estimate of drug-likeness (QED) is 0.822. The topological polar surface area (TPSA) is 58.6 Å². The zero-order chi connectivity index (χ0) is 17.8. The van der Waals surface area contributed by atoms with E-state index in [1.807, 2.05) is 61.5 Å². The molecule has 0 bridgehead atoms. The predicted molar refractivity (Wildman–Crippen MR) is 97.0 cm³/mol. The number of nitrogens with zero attached hydrogens (tertiary/aromatic N) is 1. The number of hydrogen-bond acceptors (Lipinski definition) is 4. The molecule has 0 fully saturated rings. The van der Waals surface area contributed by atoms with E-state index in [0.29, 0.717) is 35.7 Å². The molecule has 0 saturated carbocycles. The molecule has 0 unspecified atom stereocenters. The largest absolute Gasteiger partial charge is 0.492 e. The molecule has 1 aliphatic rings. The fraction of sp³-hybridized carbons (Fsp3) is 0.200. The first-order chi connectivity index (χ1) is 12.2. The molecule has 128 valence electrons. The molecule has 5 nitrogen and oxygen atoms in total. The number of amides is 2. The van der Waals surface area contributed by atoms with Gasteiger partial charge < -0.3 is 10.1 Å². The van der Waals surface area contributed by atoms with Crippen LogP contribution >= 0.6 is 0 Å². The third-order valence-electron chi connectivity index (χ3n) is 3.99. The summed E-state index contributed by atoms with van der Waals surface area (Å²) < 4.78 is 5.61. The molecule has 25 heavy (non-hydrogen) atoms. The third kappa shape index (κ3) is 3.13. The Labute approximate surface area is 146 Å². The van der Waals surface area contributed by atoms with Crippen LogP contribution in [0.1, 0.15) is 19.4 Å². The zero-order valence-corrected chi connectivity index (χ0v) is 14.3. The molecule has 2 aromatic rings. The van der Waals surface area contributed by atoms with Crippen molar-refractivity contribution < 1.29 is 14.3 Å². The molecule has 1 N–H and O–H groups in total. The first-order valence-corrected chi connectivity index (χ1v) is 8.32. The van der Waals surface area contributed by atoms with Gasteiger partial charge in [-0.05, 0) is 31.5 Å². The van der Waals surface area contributed by atoms with E-state index in [0.717, 1.165) is 0 Å². The van der Waals surface area contributed by atoms with Gasteiger partial charge in [0.2, 0.25) is 0 Å². The third-order valence-corrected chi connectivity index (χ3v) is 3.99. The lowest BCUT2D eigenvalue weighted by atomic mass is 10.0. The summed E-state index contributed by atoms with van der Waals surface area (Å²) in [5.74, 6) is 0.0351. The van der Waals surface area contributed by atoms with Gasteiger partial charge in [-0.3, -0.25) is 14.5 Å². The van der Waals surface area contributed by atoms with Crippen molar-refractivity contribution in [3.05, 3.63) is 65.9 Å². The van der Waals surface area contributed by atoms with Crippen LogP contribution in [0.15, 0.2) is 60.3 Å². The molecule has 0 atom stereocenters. The normalized spacial score (nSPS) is 14.2. The van der Waals surface area contributed by atoms with E-state index in [-0.39, 0.29) is 17.5 Å². The van der Waals surface area contributed by atoms with E-state index in [1.54, 1.807) is 6.92 Å². The summed E-state index contributed by atoms with van der Waals surface area (Å²) in [4.78, 5) is 26.7. The van der Waals surface area contributed by atoms with Crippen molar-refractivity contribution in [2.75, 3.05) is 18.5 Å². The number of nitrogens with one attached hydrogen (secondary N) is 1. The Morgan fingerprint density at radius 3 is 2.28 bits per heavy atom. The van der Waals surface area contributed by atoms with Gasteiger partial charge in [0.25, 0.3) is 11.8 Å². The highest BCUT2D eigenvalue weighted by atomic mass is 16.5. The second-order valence-corrected chi connectivity index (χ2v) is 5.52. The van der Waals surface area contributed by atoms with Crippen LogP contribution < -0.4 is 10.1 Å². The Kier molecular flexibility index (Phi) is 4.84. The molecule has 0 aliphatic carbocycles. The lowest BCUT2D eigenvalue weighted by Gasteiger charge is -2.14. The smallest absolute Gasteiger partial charge is 0.278 e. The van der Waals surface area contributed by atoms with Gasteiger partial charge in [0, 0.05) is 6.54 Å². The van der Waals surface area contributed by atoms with Gasteiger partial charge in [-0.1, -0.05) is 42.5 Å². The van der Waals surface area contributed by atoms with Crippen LogP contribution in [0.25, 0.3) is 5.57 Å². The number of carbonyl (C=O) groups excluding carboxylic acids is 2. The second kappa shape index (κ2) is 7.21. The van der Waals surface area contributed by atoms with Gasteiger partial charge in [-0.25, -0.2) is 0 Å². The molecule has 0 radical (unpaired) electrons. The molecule has 1 heterocycles. The van der Waals surface area contributed by atoms with Crippen LogP contribution in [0.3, 0.4) is 0 Å². The number of rotatable bonds is 6. The Bertz CT molecular complexity index is 828. The Morgan fingerprint density at radius 1 is 0.920 bits per heavy atom. The molecule has 1 aliphatic heterocycles. The number of benzene rings is 2. The minimum Gasteiger partial charge on any atom is -0.492 e. The van der Waals surface area contributed by atoms with Crippen LogP contribution in [-0.2, 0) is 9.59 Å². The van der Waals surface area contributed by atoms with Crippen LogP contribution in [0, 0.1) is 0 Å². The minimum atomic E-state index is -0.322. The molecule has 5 heteroatoms. The highest BCUT2D eigenvalue weighted by Gasteiger charge is 2.38. The van der Waals surface area contributed by atoms with Crippen molar-refractivity contribution >= 4 is 23.1 Å². The van der Waals surface area contributed by atoms with E-state index in [1.165, 1.54) is 4.90 Å². The summed E-state index contributed by atoms with van der Waals surface area (Å²) in [6.45, 7) is 4.52. The lowest BCUT2D eigenvalue weighted by molar-refractivity contribution is -0.136. The van der Waals surface area contributed by atoms with E-state index in [9.17, 15) is 9.59 Å². The summed E-state index contributed by atoms with van der Waals surface area (Å²) in [5.41, 5.74) is 2.05. The van der Waals surface area contributed by atoms with Gasteiger partial charge in [0.1, 0.15) is 11.4 Å². The number of carbonyl (C=O) groups is 2. The Balaban J connectivity index is 2.08. The van der Waals surface area contributed by atoms with Crippen molar-refractivity contribution in [2.24, 2.45) is 0 Å². The zero-order valence-electron chi connectivity index (χ0n) is 14.3. The van der Waals surface area contributed by atoms with Gasteiger partial charge in [-0.15, -0.1) is 0 Å². The average molecular weight is 336 g/mol. The Morgan fingerprint density at radius 2 is 1.60 bits per heavy atom. The number of imide groups is 1. The van der Waals surface area contributed by atoms with Crippen molar-refractivity contribution in [3.8, 4) is 5.75 Å². The predicted octanol–water partition coefficient (Wildman–Crippen LogP) is 3.30. The van der Waals surface area contributed by atoms with E-state index in [4.69, 9.17) is 4.74 Å². The molecular formula is C20H20N2O3. The highest BCUT2D eigenvalue weighted by Crippen LogP contribution is 2.33. The standard InChI is InChI=1S/C20H20N2O3/c1-3-22-19(23)17(14-10-6-5-7-11-14)18(20(22)24)21-15-12-8-9-13-16(15)25-4-2/h5-13,21H,3-4H2,1-2H3. The van der Waals surface area contributed by atoms with Gasteiger partial charge in [0.05, 0.1) is 17.9 Å². The molecule has 0 aromatic heterocycles. The summed E-state index contributed by atoms with van der Waals surface area (Å²) >= 11 is 0. The molecular weight excluding hydrogens is 316 g/mol. The molecule has 0 spiro atoms. The number of hydrogen-bond donors (Lipinski definition) is 1.